The van der Waals surface area contributed by atoms with Crippen LogP contribution in [0, 0.1) is 3.57 Å². The summed E-state index contributed by atoms with van der Waals surface area (Å²) >= 11 is 2.35. The fraction of sp³-hybridized carbons (Fsp3) is 0. The summed E-state index contributed by atoms with van der Waals surface area (Å²) in [4.78, 5) is 0. The van der Waals surface area contributed by atoms with Crippen molar-refractivity contribution in [1.82, 2.24) is 0 Å². The van der Waals surface area contributed by atoms with E-state index in [2.05, 4.69) is 114 Å². The van der Waals surface area contributed by atoms with Crippen LogP contribution in [0.4, 0.5) is 0 Å². The predicted molar refractivity (Wildman–Crippen MR) is 117 cm³/mol. The van der Waals surface area contributed by atoms with Gasteiger partial charge in [-0.15, -0.1) is 0 Å². The second-order valence-electron chi connectivity index (χ2n) is 6.36. The summed E-state index contributed by atoms with van der Waals surface area (Å²) < 4.78 is 1.26. The van der Waals surface area contributed by atoms with Crippen molar-refractivity contribution in [3.05, 3.63) is 94.6 Å². The Kier molecular flexibility index (Phi) is 3.49. The van der Waals surface area contributed by atoms with Crippen LogP contribution in [0.15, 0.2) is 91.0 Å². The van der Waals surface area contributed by atoms with E-state index in [4.69, 9.17) is 0 Å². The zero-order chi connectivity index (χ0) is 16.8. The third-order valence-corrected chi connectivity index (χ3v) is 5.64. The van der Waals surface area contributed by atoms with Crippen LogP contribution in [0.5, 0.6) is 0 Å². The third kappa shape index (κ3) is 2.42. The normalized spacial score (nSPS) is 11.4. The molecule has 0 aliphatic carbocycles. The van der Waals surface area contributed by atoms with Crippen molar-refractivity contribution in [3.8, 4) is 11.1 Å². The molecule has 0 radical (unpaired) electrons. The van der Waals surface area contributed by atoms with Gasteiger partial charge in [-0.25, -0.2) is 0 Å². The van der Waals surface area contributed by atoms with Crippen molar-refractivity contribution in [3.63, 3.8) is 0 Å². The first kappa shape index (κ1) is 14.9. The predicted octanol–water partition coefficient (Wildman–Crippen LogP) is 7.42. The Hall–Kier alpha value is -2.39. The Bertz CT molecular complexity index is 1200. The molecule has 0 fully saturated rings. The highest BCUT2D eigenvalue weighted by atomic mass is 127. The van der Waals surface area contributed by atoms with Gasteiger partial charge in [0.05, 0.1) is 0 Å². The summed E-state index contributed by atoms with van der Waals surface area (Å²) in [6, 6.07) is 33.0. The molecular weight excluding hydrogens is 415 g/mol. The van der Waals surface area contributed by atoms with Crippen LogP contribution in [0.2, 0.25) is 0 Å². The zero-order valence-corrected chi connectivity index (χ0v) is 15.7. The highest BCUT2D eigenvalue weighted by Gasteiger charge is 2.09. The molecule has 5 aromatic rings. The first-order valence-electron chi connectivity index (χ1n) is 8.40. The van der Waals surface area contributed by atoms with Crippen molar-refractivity contribution in [2.45, 2.75) is 0 Å². The van der Waals surface area contributed by atoms with E-state index in [1.54, 1.807) is 0 Å². The van der Waals surface area contributed by atoms with Crippen LogP contribution in [-0.2, 0) is 0 Å². The molecule has 0 amide bonds. The molecule has 0 nitrogen and oxygen atoms in total. The number of halogens is 1. The topological polar surface area (TPSA) is 0 Å². The molecule has 0 aliphatic rings. The van der Waals surface area contributed by atoms with Gasteiger partial charge in [0.1, 0.15) is 0 Å². The average molecular weight is 430 g/mol. The second kappa shape index (κ2) is 5.85. The Labute approximate surface area is 160 Å². The molecular formula is C24H15I. The molecule has 1 heteroatoms. The van der Waals surface area contributed by atoms with Gasteiger partial charge < -0.3 is 0 Å². The van der Waals surface area contributed by atoms with Crippen molar-refractivity contribution >= 4 is 54.9 Å². The highest BCUT2D eigenvalue weighted by Crippen LogP contribution is 2.36. The summed E-state index contributed by atoms with van der Waals surface area (Å²) in [5, 5.41) is 7.95. The van der Waals surface area contributed by atoms with Crippen molar-refractivity contribution in [2.75, 3.05) is 0 Å². The van der Waals surface area contributed by atoms with Crippen LogP contribution >= 0.6 is 22.6 Å². The number of benzene rings is 5. The van der Waals surface area contributed by atoms with Crippen LogP contribution in [-0.4, -0.2) is 0 Å². The van der Waals surface area contributed by atoms with Crippen LogP contribution in [0.25, 0.3) is 43.4 Å². The van der Waals surface area contributed by atoms with E-state index in [0.717, 1.165) is 0 Å². The maximum absolute atomic E-state index is 2.35. The lowest BCUT2D eigenvalue weighted by Gasteiger charge is -2.12. The highest BCUT2D eigenvalue weighted by molar-refractivity contribution is 14.1. The largest absolute Gasteiger partial charge is 0.0616 e. The molecule has 0 spiro atoms. The van der Waals surface area contributed by atoms with E-state index in [1.807, 2.05) is 0 Å². The Morgan fingerprint density at radius 1 is 0.400 bits per heavy atom. The van der Waals surface area contributed by atoms with Gasteiger partial charge in [-0.1, -0.05) is 72.8 Å². The zero-order valence-electron chi connectivity index (χ0n) is 13.5. The van der Waals surface area contributed by atoms with Gasteiger partial charge in [0, 0.05) is 3.57 Å². The molecule has 0 saturated heterocycles. The van der Waals surface area contributed by atoms with Crippen molar-refractivity contribution in [1.29, 1.82) is 0 Å². The smallest absolute Gasteiger partial charge is 0.0130 e. The summed E-state index contributed by atoms with van der Waals surface area (Å²) in [5.41, 5.74) is 2.53. The van der Waals surface area contributed by atoms with E-state index in [-0.39, 0.29) is 0 Å². The Balaban J connectivity index is 1.91. The lowest BCUT2D eigenvalue weighted by atomic mass is 9.92. The molecule has 25 heavy (non-hydrogen) atoms. The lowest BCUT2D eigenvalue weighted by Crippen LogP contribution is -1.85. The van der Waals surface area contributed by atoms with E-state index in [9.17, 15) is 0 Å². The number of hydrogen-bond acceptors (Lipinski definition) is 0. The number of fused-ring (bicyclic) bond motifs is 6. The first-order chi connectivity index (χ1) is 12.3. The fourth-order valence-corrected chi connectivity index (χ4v) is 4.09. The van der Waals surface area contributed by atoms with Gasteiger partial charge in [0.15, 0.2) is 0 Å². The monoisotopic (exact) mass is 430 g/mol. The third-order valence-electron chi connectivity index (χ3n) is 4.92. The van der Waals surface area contributed by atoms with Crippen molar-refractivity contribution < 1.29 is 0 Å². The summed E-state index contributed by atoms with van der Waals surface area (Å²) in [6.45, 7) is 0. The van der Waals surface area contributed by atoms with Gasteiger partial charge in [0.25, 0.3) is 0 Å². The standard InChI is InChI=1S/C24H15I/c25-18-12-9-16(10-13-18)17-11-14-23-21-7-2-1-5-19(21)20-6-3-4-8-22(20)24(23)15-17/h1-15H. The van der Waals surface area contributed by atoms with Gasteiger partial charge in [-0.3, -0.25) is 0 Å². The maximum Gasteiger partial charge on any atom is 0.0130 e. The molecule has 5 aromatic carbocycles. The average Bonchev–Trinajstić information content (AvgIpc) is 2.68. The van der Waals surface area contributed by atoms with Gasteiger partial charge in [-0.2, -0.15) is 0 Å². The lowest BCUT2D eigenvalue weighted by molar-refractivity contribution is 1.61. The summed E-state index contributed by atoms with van der Waals surface area (Å²) in [6.07, 6.45) is 0. The van der Waals surface area contributed by atoms with Gasteiger partial charge >= 0.3 is 0 Å². The maximum atomic E-state index is 2.35. The molecule has 5 rings (SSSR count). The van der Waals surface area contributed by atoms with Crippen LogP contribution in [0.3, 0.4) is 0 Å². The quantitative estimate of drug-likeness (QED) is 0.192. The van der Waals surface area contributed by atoms with E-state index < -0.39 is 0 Å². The van der Waals surface area contributed by atoms with Gasteiger partial charge in [-0.05, 0) is 84.2 Å². The van der Waals surface area contributed by atoms with E-state index >= 15 is 0 Å². The molecule has 118 valence electrons. The second-order valence-corrected chi connectivity index (χ2v) is 7.60. The Morgan fingerprint density at radius 2 is 0.840 bits per heavy atom. The number of hydrogen-bond donors (Lipinski definition) is 0. The Morgan fingerprint density at radius 3 is 1.40 bits per heavy atom. The minimum Gasteiger partial charge on any atom is -0.0616 e. The minimum absolute atomic E-state index is 1.26. The molecule has 0 unspecified atom stereocenters. The fourth-order valence-electron chi connectivity index (χ4n) is 3.73. The minimum atomic E-state index is 1.26. The van der Waals surface area contributed by atoms with Crippen LogP contribution in [0.1, 0.15) is 0 Å². The van der Waals surface area contributed by atoms with Crippen LogP contribution < -0.4 is 0 Å². The van der Waals surface area contributed by atoms with Crippen molar-refractivity contribution in [2.24, 2.45) is 0 Å². The summed E-state index contributed by atoms with van der Waals surface area (Å²) in [5.74, 6) is 0. The first-order valence-corrected chi connectivity index (χ1v) is 9.48. The molecule has 0 bridgehead atoms. The molecule has 0 aliphatic heterocycles. The number of rotatable bonds is 1. The van der Waals surface area contributed by atoms with E-state index in [0.29, 0.717) is 0 Å². The summed E-state index contributed by atoms with van der Waals surface area (Å²) in [7, 11) is 0. The van der Waals surface area contributed by atoms with E-state index in [1.165, 1.54) is 47.0 Å². The molecule has 0 heterocycles. The SMILES string of the molecule is Ic1ccc(-c2ccc3c4ccccc4c4ccccc4c3c2)cc1. The molecule has 0 saturated carbocycles. The molecule has 0 N–H and O–H groups in total. The molecule has 0 aromatic heterocycles. The molecule has 0 atom stereocenters. The van der Waals surface area contributed by atoms with Gasteiger partial charge in [0.2, 0.25) is 0 Å².